The molecule has 1 aromatic rings. The maximum absolute atomic E-state index is 11.9. The van der Waals surface area contributed by atoms with Crippen molar-refractivity contribution in [2.75, 3.05) is 0 Å². The van der Waals surface area contributed by atoms with Crippen molar-refractivity contribution < 1.29 is 21.6 Å². The molecule has 0 aliphatic carbocycles. The van der Waals surface area contributed by atoms with Gasteiger partial charge in [0, 0.05) is 12.4 Å². The molecule has 0 saturated carbocycles. The molecule has 3 nitrogen and oxygen atoms in total. The first-order valence-electron chi connectivity index (χ1n) is 3.51. The van der Waals surface area contributed by atoms with Crippen LogP contribution in [-0.4, -0.2) is 18.9 Å². The van der Waals surface area contributed by atoms with Crippen molar-refractivity contribution in [2.45, 2.75) is 11.3 Å². The van der Waals surface area contributed by atoms with Crippen LogP contribution in [0, 0.1) is 0 Å². The summed E-state index contributed by atoms with van der Waals surface area (Å²) in [5.41, 5.74) is -5.13. The van der Waals surface area contributed by atoms with Gasteiger partial charge in [0.2, 0.25) is 0 Å². The summed E-state index contributed by atoms with van der Waals surface area (Å²) < 4.78 is 57.1. The molecule has 0 radical (unpaired) electrons. The van der Waals surface area contributed by atoms with Crippen molar-refractivity contribution in [3.05, 3.63) is 30.1 Å². The van der Waals surface area contributed by atoms with Gasteiger partial charge < -0.3 is 0 Å². The minimum atomic E-state index is -5.20. The Morgan fingerprint density at radius 3 is 2.14 bits per heavy atom. The van der Waals surface area contributed by atoms with Crippen molar-refractivity contribution >= 4 is 9.84 Å². The van der Waals surface area contributed by atoms with Crippen LogP contribution in [0.25, 0.3) is 0 Å². The summed E-state index contributed by atoms with van der Waals surface area (Å²) in [5, 5.41) is 0. The number of nitrogens with zero attached hydrogens (tertiary/aromatic N) is 1. The zero-order chi connectivity index (χ0) is 10.8. The fourth-order valence-corrected chi connectivity index (χ4v) is 1.58. The molecule has 14 heavy (non-hydrogen) atoms. The van der Waals surface area contributed by atoms with E-state index in [1.165, 1.54) is 24.5 Å². The highest BCUT2D eigenvalue weighted by atomic mass is 32.2. The second kappa shape index (κ2) is 3.56. The Bertz CT molecular complexity index is 399. The van der Waals surface area contributed by atoms with Crippen molar-refractivity contribution in [3.63, 3.8) is 0 Å². The molecule has 0 unspecified atom stereocenters. The number of aromatic nitrogens is 1. The van der Waals surface area contributed by atoms with Gasteiger partial charge in [0.15, 0.2) is 0 Å². The monoisotopic (exact) mass is 225 g/mol. The number of sulfone groups is 1. The highest BCUT2D eigenvalue weighted by Crippen LogP contribution is 2.26. The lowest BCUT2D eigenvalue weighted by atomic mass is 10.3. The van der Waals surface area contributed by atoms with Crippen LogP contribution in [0.2, 0.25) is 0 Å². The number of hydrogen-bond donors (Lipinski definition) is 0. The topological polar surface area (TPSA) is 47.0 Å². The average Bonchev–Trinajstić information content (AvgIpc) is 2.03. The molecular formula is C7H6F3NO2S. The number of halogens is 3. The molecule has 0 bridgehead atoms. The Morgan fingerprint density at radius 1 is 1.21 bits per heavy atom. The fraction of sp³-hybridized carbons (Fsp3) is 0.286. The Kier molecular flexibility index (Phi) is 2.79. The third-order valence-electron chi connectivity index (χ3n) is 1.46. The highest BCUT2D eigenvalue weighted by molar-refractivity contribution is 7.91. The van der Waals surface area contributed by atoms with Gasteiger partial charge in [-0.05, 0) is 17.7 Å². The zero-order valence-electron chi connectivity index (χ0n) is 6.82. The summed E-state index contributed by atoms with van der Waals surface area (Å²) in [7, 11) is -5.08. The van der Waals surface area contributed by atoms with Gasteiger partial charge in [0.05, 0.1) is 5.75 Å². The van der Waals surface area contributed by atoms with Crippen molar-refractivity contribution in [3.8, 4) is 0 Å². The average molecular weight is 225 g/mol. The van der Waals surface area contributed by atoms with E-state index in [1.54, 1.807) is 0 Å². The number of alkyl halides is 3. The molecule has 0 spiro atoms. The molecule has 78 valence electrons. The van der Waals surface area contributed by atoms with Gasteiger partial charge in [0.1, 0.15) is 0 Å². The first kappa shape index (κ1) is 11.0. The predicted octanol–water partition coefficient (Wildman–Crippen LogP) is 1.52. The van der Waals surface area contributed by atoms with Crippen LogP contribution in [0.3, 0.4) is 0 Å². The zero-order valence-corrected chi connectivity index (χ0v) is 7.64. The largest absolute Gasteiger partial charge is 0.497 e. The molecule has 0 aromatic carbocycles. The summed E-state index contributed by atoms with van der Waals surface area (Å²) in [6.45, 7) is 0. The first-order valence-corrected chi connectivity index (χ1v) is 5.16. The lowest BCUT2D eigenvalue weighted by Gasteiger charge is -2.07. The Balaban J connectivity index is 2.91. The molecule has 0 atom stereocenters. The van der Waals surface area contributed by atoms with Crippen LogP contribution in [0.5, 0.6) is 0 Å². The van der Waals surface area contributed by atoms with Crippen LogP contribution >= 0.6 is 0 Å². The van der Waals surface area contributed by atoms with E-state index in [0.717, 1.165) is 0 Å². The van der Waals surface area contributed by atoms with E-state index < -0.39 is 21.1 Å². The molecule has 0 amide bonds. The summed E-state index contributed by atoms with van der Waals surface area (Å²) in [4.78, 5) is 3.56. The number of hydrogen-bond acceptors (Lipinski definition) is 3. The van der Waals surface area contributed by atoms with Gasteiger partial charge in [-0.3, -0.25) is 4.98 Å². The normalized spacial score (nSPS) is 12.8. The quantitative estimate of drug-likeness (QED) is 0.766. The molecule has 1 rings (SSSR count). The lowest BCUT2D eigenvalue weighted by molar-refractivity contribution is -0.0437. The maximum atomic E-state index is 11.9. The van der Waals surface area contributed by atoms with Gasteiger partial charge in [-0.15, -0.1) is 0 Å². The third-order valence-corrected chi connectivity index (χ3v) is 2.88. The molecule has 0 N–H and O–H groups in total. The summed E-state index contributed by atoms with van der Waals surface area (Å²) in [6.07, 6.45) is 2.47. The van der Waals surface area contributed by atoms with E-state index >= 15 is 0 Å². The number of pyridine rings is 1. The third kappa shape index (κ3) is 2.44. The molecule has 1 aromatic heterocycles. The van der Waals surface area contributed by atoms with E-state index in [2.05, 4.69) is 4.98 Å². The standard InChI is InChI=1S/C7H6F3NO2S/c8-7(9,10)14(12,13)5-6-1-3-11-4-2-6/h1-4H,5H2. The Morgan fingerprint density at radius 2 is 1.71 bits per heavy atom. The minimum Gasteiger partial charge on any atom is -0.265 e. The van der Waals surface area contributed by atoms with Crippen molar-refractivity contribution in [1.82, 2.24) is 4.98 Å². The van der Waals surface area contributed by atoms with Gasteiger partial charge in [-0.1, -0.05) is 0 Å². The smallest absolute Gasteiger partial charge is 0.265 e. The van der Waals surface area contributed by atoms with Gasteiger partial charge in [-0.25, -0.2) is 8.42 Å². The van der Waals surface area contributed by atoms with E-state index in [9.17, 15) is 21.6 Å². The maximum Gasteiger partial charge on any atom is 0.497 e. The molecule has 7 heteroatoms. The fourth-order valence-electron chi connectivity index (χ4n) is 0.780. The van der Waals surface area contributed by atoms with E-state index in [0.29, 0.717) is 0 Å². The van der Waals surface area contributed by atoms with E-state index in [1.807, 2.05) is 0 Å². The van der Waals surface area contributed by atoms with Gasteiger partial charge in [0.25, 0.3) is 9.84 Å². The van der Waals surface area contributed by atoms with E-state index in [-0.39, 0.29) is 5.56 Å². The molecule has 0 aliphatic rings. The summed E-state index contributed by atoms with van der Waals surface area (Å²) >= 11 is 0. The van der Waals surface area contributed by atoms with Crippen LogP contribution in [-0.2, 0) is 15.6 Å². The first-order chi connectivity index (χ1) is 6.33. The van der Waals surface area contributed by atoms with Gasteiger partial charge in [-0.2, -0.15) is 13.2 Å². The predicted molar refractivity (Wildman–Crippen MR) is 42.9 cm³/mol. The van der Waals surface area contributed by atoms with Crippen molar-refractivity contribution in [2.24, 2.45) is 0 Å². The molecular weight excluding hydrogens is 219 g/mol. The Hall–Kier alpha value is -1.11. The van der Waals surface area contributed by atoms with Crippen molar-refractivity contribution in [1.29, 1.82) is 0 Å². The summed E-state index contributed by atoms with van der Waals surface area (Å²) in [5.74, 6) is -1.04. The lowest BCUT2D eigenvalue weighted by Crippen LogP contribution is -2.24. The molecule has 0 aliphatic heterocycles. The van der Waals surface area contributed by atoms with Crippen LogP contribution in [0.1, 0.15) is 5.56 Å². The molecule has 1 heterocycles. The van der Waals surface area contributed by atoms with Crippen LogP contribution in [0.15, 0.2) is 24.5 Å². The van der Waals surface area contributed by atoms with E-state index in [4.69, 9.17) is 0 Å². The van der Waals surface area contributed by atoms with Crippen LogP contribution in [0.4, 0.5) is 13.2 Å². The minimum absolute atomic E-state index is 0.0670. The second-order valence-electron chi connectivity index (χ2n) is 2.56. The Labute approximate surface area is 78.5 Å². The molecule has 0 saturated heterocycles. The van der Waals surface area contributed by atoms with Crippen LogP contribution < -0.4 is 0 Å². The molecule has 0 fully saturated rings. The SMILES string of the molecule is O=S(=O)(Cc1ccncc1)C(F)(F)F. The second-order valence-corrected chi connectivity index (χ2v) is 4.54. The summed E-state index contributed by atoms with van der Waals surface area (Å²) in [6, 6.07) is 2.45. The highest BCUT2D eigenvalue weighted by Gasteiger charge is 2.45. The van der Waals surface area contributed by atoms with Gasteiger partial charge >= 0.3 is 5.51 Å². The number of rotatable bonds is 2.